The van der Waals surface area contributed by atoms with Crippen molar-refractivity contribution in [2.75, 3.05) is 36.5 Å². The van der Waals surface area contributed by atoms with Crippen molar-refractivity contribution < 1.29 is 14.3 Å². The molecular formula is C18H21N7O3. The number of imide groups is 1. The van der Waals surface area contributed by atoms with Crippen LogP contribution in [-0.2, 0) is 14.3 Å². The highest BCUT2D eigenvalue weighted by Gasteiger charge is 2.27. The summed E-state index contributed by atoms with van der Waals surface area (Å²) < 4.78 is 7.21. The first-order valence-corrected chi connectivity index (χ1v) is 9.57. The number of hydrogen-bond acceptors (Lipinski definition) is 8. The Morgan fingerprint density at radius 3 is 2.89 bits per heavy atom. The zero-order valence-corrected chi connectivity index (χ0v) is 15.3. The summed E-state index contributed by atoms with van der Waals surface area (Å²) in [7, 11) is 0. The van der Waals surface area contributed by atoms with Crippen molar-refractivity contribution in [3.8, 4) is 0 Å². The molecule has 0 atom stereocenters. The third-order valence-corrected chi connectivity index (χ3v) is 5.02. The van der Waals surface area contributed by atoms with Gasteiger partial charge in [0.05, 0.1) is 19.2 Å². The number of nitrogens with one attached hydrogen (secondary N) is 2. The number of ether oxygens (including phenoxy) is 1. The Hall–Kier alpha value is -3.01. The van der Waals surface area contributed by atoms with Crippen LogP contribution in [0.25, 0.3) is 11.7 Å². The number of fused-ring (bicyclic) bond motifs is 1. The van der Waals surface area contributed by atoms with Crippen LogP contribution in [-0.4, -0.2) is 63.7 Å². The maximum atomic E-state index is 11.9. The van der Waals surface area contributed by atoms with Crippen LogP contribution < -0.4 is 15.5 Å². The average Bonchev–Trinajstić information content (AvgIpc) is 3.39. The van der Waals surface area contributed by atoms with Gasteiger partial charge in [0.25, 0.3) is 5.91 Å². The minimum atomic E-state index is -0.361. The first-order chi connectivity index (χ1) is 13.7. The molecule has 28 heavy (non-hydrogen) atoms. The zero-order valence-electron chi connectivity index (χ0n) is 15.3. The second-order valence-corrected chi connectivity index (χ2v) is 7.28. The maximum absolute atomic E-state index is 11.9. The Balaban J connectivity index is 1.58. The summed E-state index contributed by atoms with van der Waals surface area (Å²) in [4.78, 5) is 35.0. The lowest BCUT2D eigenvalue weighted by molar-refractivity contribution is -0.124. The van der Waals surface area contributed by atoms with Crippen LogP contribution in [0, 0.1) is 0 Å². The first kappa shape index (κ1) is 17.1. The summed E-state index contributed by atoms with van der Waals surface area (Å²) >= 11 is 0. The van der Waals surface area contributed by atoms with Crippen LogP contribution in [0.3, 0.4) is 0 Å². The monoisotopic (exact) mass is 383 g/mol. The largest absolute Gasteiger partial charge is 0.380 e. The summed E-state index contributed by atoms with van der Waals surface area (Å²) in [5.41, 5.74) is 1.71. The number of anilines is 2. The maximum Gasteiger partial charge on any atom is 0.254 e. The highest BCUT2D eigenvalue weighted by Crippen LogP contribution is 2.27. The van der Waals surface area contributed by atoms with E-state index in [1.807, 2.05) is 0 Å². The number of hydrogen-bond donors (Lipinski definition) is 2. The van der Waals surface area contributed by atoms with E-state index in [-0.39, 0.29) is 18.2 Å². The molecular weight excluding hydrogens is 362 g/mol. The minimum absolute atomic E-state index is 0.0742. The smallest absolute Gasteiger partial charge is 0.254 e. The third kappa shape index (κ3) is 3.31. The van der Waals surface area contributed by atoms with Crippen molar-refractivity contribution in [3.05, 3.63) is 17.3 Å². The predicted molar refractivity (Wildman–Crippen MR) is 101 cm³/mol. The molecule has 10 heteroatoms. The molecule has 146 valence electrons. The van der Waals surface area contributed by atoms with Crippen LogP contribution in [0.2, 0.25) is 0 Å². The molecule has 0 bridgehead atoms. The third-order valence-electron chi connectivity index (χ3n) is 5.02. The zero-order chi connectivity index (χ0) is 19.1. The van der Waals surface area contributed by atoms with Gasteiger partial charge >= 0.3 is 0 Å². The molecule has 0 radical (unpaired) electrons. The van der Waals surface area contributed by atoms with Crippen molar-refractivity contribution in [1.29, 1.82) is 0 Å². The molecule has 2 aromatic heterocycles. The highest BCUT2D eigenvalue weighted by atomic mass is 16.5. The van der Waals surface area contributed by atoms with Gasteiger partial charge in [-0.1, -0.05) is 0 Å². The Morgan fingerprint density at radius 2 is 2.11 bits per heavy atom. The van der Waals surface area contributed by atoms with Gasteiger partial charge in [-0.15, -0.1) is 0 Å². The van der Waals surface area contributed by atoms with E-state index in [4.69, 9.17) is 14.7 Å². The van der Waals surface area contributed by atoms with E-state index in [9.17, 15) is 9.59 Å². The van der Waals surface area contributed by atoms with Gasteiger partial charge in [-0.05, 0) is 25.3 Å². The van der Waals surface area contributed by atoms with Gasteiger partial charge in [0.15, 0.2) is 5.65 Å². The van der Waals surface area contributed by atoms with E-state index in [1.165, 1.54) is 0 Å². The molecule has 0 unspecified atom stereocenters. The van der Waals surface area contributed by atoms with E-state index in [2.05, 4.69) is 20.6 Å². The lowest BCUT2D eigenvalue weighted by Crippen LogP contribution is -2.28. The molecule has 2 aromatic rings. The second kappa shape index (κ2) is 6.86. The molecule has 2 N–H and O–H groups in total. The van der Waals surface area contributed by atoms with Crippen LogP contribution in [0.4, 0.5) is 11.9 Å². The fourth-order valence-corrected chi connectivity index (χ4v) is 3.38. The second-order valence-electron chi connectivity index (χ2n) is 7.28. The lowest BCUT2D eigenvalue weighted by Gasteiger charge is -2.20. The number of nitrogens with zero attached hydrogens (tertiary/aromatic N) is 5. The van der Waals surface area contributed by atoms with E-state index >= 15 is 0 Å². The summed E-state index contributed by atoms with van der Waals surface area (Å²) in [6.07, 6.45) is 6.55. The van der Waals surface area contributed by atoms with Gasteiger partial charge in [-0.3, -0.25) is 14.9 Å². The summed E-state index contributed by atoms with van der Waals surface area (Å²) in [5.74, 6) is 0.612. The normalized spacial score (nSPS) is 22.0. The topological polar surface area (TPSA) is 114 Å². The van der Waals surface area contributed by atoms with Gasteiger partial charge in [-0.25, -0.2) is 0 Å². The Kier molecular flexibility index (Phi) is 4.19. The van der Waals surface area contributed by atoms with E-state index < -0.39 is 0 Å². The van der Waals surface area contributed by atoms with Gasteiger partial charge in [0.2, 0.25) is 17.8 Å². The number of aromatic nitrogens is 4. The fourth-order valence-electron chi connectivity index (χ4n) is 3.38. The number of amides is 2. The van der Waals surface area contributed by atoms with Gasteiger partial charge in [-0.2, -0.15) is 19.6 Å². The van der Waals surface area contributed by atoms with Crippen molar-refractivity contribution in [2.24, 2.45) is 0 Å². The Bertz CT molecular complexity index is 971. The molecule has 0 spiro atoms. The molecule has 2 aliphatic heterocycles. The molecule has 1 aliphatic carbocycles. The fraction of sp³-hybridized carbons (Fsp3) is 0.500. The molecule has 1 saturated carbocycles. The van der Waals surface area contributed by atoms with Crippen LogP contribution in [0.1, 0.15) is 31.2 Å². The van der Waals surface area contributed by atoms with Crippen LogP contribution >= 0.6 is 0 Å². The minimum Gasteiger partial charge on any atom is -0.380 e. The first-order valence-electron chi connectivity index (χ1n) is 9.57. The molecule has 5 rings (SSSR count). The van der Waals surface area contributed by atoms with Crippen LogP contribution in [0.15, 0.2) is 11.8 Å². The number of carbonyl (C=O) groups is 2. The number of carbonyl (C=O) groups excluding carboxylic acids is 2. The van der Waals surface area contributed by atoms with Gasteiger partial charge in [0, 0.05) is 36.9 Å². The van der Waals surface area contributed by atoms with Crippen molar-refractivity contribution in [2.45, 2.75) is 31.7 Å². The summed E-state index contributed by atoms with van der Waals surface area (Å²) in [5, 5.41) is 10.1. The SMILES string of the molecule is O=C1C/C(=C\c2cnn3c(NC4CC4)nc(N4CCCOCC4)nc23)C(=O)N1. The molecule has 3 fully saturated rings. The molecule has 3 aliphatic rings. The van der Waals surface area contributed by atoms with Crippen LogP contribution in [0.5, 0.6) is 0 Å². The van der Waals surface area contributed by atoms with Gasteiger partial charge in [0.1, 0.15) is 0 Å². The van der Waals surface area contributed by atoms with Crippen molar-refractivity contribution in [3.63, 3.8) is 0 Å². The molecule has 2 amide bonds. The lowest BCUT2D eigenvalue weighted by atomic mass is 10.1. The molecule has 4 heterocycles. The van der Waals surface area contributed by atoms with Gasteiger partial charge < -0.3 is 15.0 Å². The Morgan fingerprint density at radius 1 is 1.21 bits per heavy atom. The van der Waals surface area contributed by atoms with Crippen molar-refractivity contribution >= 4 is 35.4 Å². The van der Waals surface area contributed by atoms with E-state index in [1.54, 1.807) is 16.8 Å². The summed E-state index contributed by atoms with van der Waals surface area (Å²) in [6.45, 7) is 2.92. The van der Waals surface area contributed by atoms with E-state index in [0.29, 0.717) is 41.3 Å². The quantitative estimate of drug-likeness (QED) is 0.575. The molecule has 10 nitrogen and oxygen atoms in total. The average molecular weight is 383 g/mol. The standard InChI is InChI=1S/C18H21N7O3/c26-14-9-11(16(27)21-14)8-12-10-19-25-15(12)22-17(23-18(25)20-13-2-3-13)24-4-1-6-28-7-5-24/h8,10,13H,1-7,9H2,(H,20,22,23)(H,21,26,27)/b11-8+. The Labute approximate surface area is 161 Å². The van der Waals surface area contributed by atoms with E-state index in [0.717, 1.165) is 39.0 Å². The molecule has 0 aromatic carbocycles. The molecule has 2 saturated heterocycles. The predicted octanol–water partition coefficient (Wildman–Crippen LogP) is 0.355. The number of rotatable bonds is 4. The highest BCUT2D eigenvalue weighted by molar-refractivity contribution is 6.15. The summed E-state index contributed by atoms with van der Waals surface area (Å²) in [6, 6.07) is 0.405. The van der Waals surface area contributed by atoms with Crippen molar-refractivity contribution in [1.82, 2.24) is 24.9 Å².